The van der Waals surface area contributed by atoms with Gasteiger partial charge in [0.15, 0.2) is 16.3 Å². The van der Waals surface area contributed by atoms with Crippen molar-refractivity contribution in [2.45, 2.75) is 25.4 Å². The summed E-state index contributed by atoms with van der Waals surface area (Å²) in [6.45, 7) is 5.59. The Bertz CT molecular complexity index is 1120. The van der Waals surface area contributed by atoms with Gasteiger partial charge in [-0.25, -0.2) is 8.42 Å². The van der Waals surface area contributed by atoms with Gasteiger partial charge in [-0.15, -0.1) is 6.58 Å². The number of thiazole rings is 1. The highest BCUT2D eigenvalue weighted by molar-refractivity contribution is 7.88. The standard InChI is InChI=1S/C18H21N3O5S2/c1-3-6-20-13-10-14-15(26-9-8-25-14)11-16(13)27-18(20)19-17(22)12-5-4-7-21(12)28(2,23)24/h3,10-12H,1,4-9H2,2H3. The average Bonchev–Trinajstić information content (AvgIpc) is 3.26. The van der Waals surface area contributed by atoms with Crippen molar-refractivity contribution in [2.75, 3.05) is 26.0 Å². The maximum absolute atomic E-state index is 12.8. The van der Waals surface area contributed by atoms with E-state index in [-0.39, 0.29) is 0 Å². The number of carbonyl (C=O) groups excluding carboxylic acids is 1. The van der Waals surface area contributed by atoms with Crippen LogP contribution >= 0.6 is 11.3 Å². The van der Waals surface area contributed by atoms with Gasteiger partial charge < -0.3 is 14.0 Å². The molecule has 0 radical (unpaired) electrons. The molecule has 2 aliphatic heterocycles. The number of hydrogen-bond acceptors (Lipinski definition) is 6. The molecule has 0 spiro atoms. The normalized spacial score (nSPS) is 20.6. The number of carbonyl (C=O) groups is 1. The van der Waals surface area contributed by atoms with E-state index < -0.39 is 22.0 Å². The summed E-state index contributed by atoms with van der Waals surface area (Å²) in [5, 5.41) is 0. The molecule has 1 aromatic heterocycles. The van der Waals surface area contributed by atoms with Gasteiger partial charge in [-0.05, 0) is 12.8 Å². The minimum Gasteiger partial charge on any atom is -0.486 e. The Morgan fingerprint density at radius 1 is 1.36 bits per heavy atom. The molecule has 1 unspecified atom stereocenters. The quantitative estimate of drug-likeness (QED) is 0.696. The first-order valence-corrected chi connectivity index (χ1v) is 11.6. The summed E-state index contributed by atoms with van der Waals surface area (Å²) >= 11 is 1.36. The van der Waals surface area contributed by atoms with E-state index in [1.807, 2.05) is 16.7 Å². The summed E-state index contributed by atoms with van der Waals surface area (Å²) in [6, 6.07) is 3.03. The molecular formula is C18H21N3O5S2. The van der Waals surface area contributed by atoms with Crippen LogP contribution in [0.2, 0.25) is 0 Å². The lowest BCUT2D eigenvalue weighted by Gasteiger charge is -2.18. The Kier molecular flexibility index (Phi) is 5.02. The lowest BCUT2D eigenvalue weighted by Crippen LogP contribution is -2.39. The third kappa shape index (κ3) is 3.47. The molecule has 2 aliphatic rings. The van der Waals surface area contributed by atoms with E-state index in [0.29, 0.717) is 55.4 Å². The minimum absolute atomic E-state index is 0.352. The molecule has 1 atom stereocenters. The smallest absolute Gasteiger partial charge is 0.266 e. The number of nitrogens with zero attached hydrogens (tertiary/aromatic N) is 3. The van der Waals surface area contributed by atoms with Gasteiger partial charge in [0.25, 0.3) is 5.91 Å². The van der Waals surface area contributed by atoms with Crippen molar-refractivity contribution in [3.8, 4) is 11.5 Å². The van der Waals surface area contributed by atoms with Gasteiger partial charge in [-0.3, -0.25) is 4.79 Å². The zero-order chi connectivity index (χ0) is 19.9. The van der Waals surface area contributed by atoms with Crippen LogP contribution in [0.15, 0.2) is 29.8 Å². The first-order valence-electron chi connectivity index (χ1n) is 8.98. The molecule has 0 saturated carbocycles. The van der Waals surface area contributed by atoms with Gasteiger partial charge in [0.1, 0.15) is 19.3 Å². The van der Waals surface area contributed by atoms with E-state index in [1.54, 1.807) is 6.08 Å². The molecule has 0 N–H and O–H groups in total. The number of hydrogen-bond donors (Lipinski definition) is 0. The molecule has 0 bridgehead atoms. The number of sulfonamides is 1. The van der Waals surface area contributed by atoms with Crippen LogP contribution in [0.1, 0.15) is 12.8 Å². The summed E-state index contributed by atoms with van der Waals surface area (Å²) in [5.74, 6) is 0.888. The molecule has 1 saturated heterocycles. The molecule has 10 heteroatoms. The van der Waals surface area contributed by atoms with Crippen molar-refractivity contribution >= 4 is 37.5 Å². The number of allylic oxidation sites excluding steroid dienone is 1. The topological polar surface area (TPSA) is 90.2 Å². The molecule has 4 rings (SSSR count). The minimum atomic E-state index is -3.45. The monoisotopic (exact) mass is 423 g/mol. The molecule has 28 heavy (non-hydrogen) atoms. The van der Waals surface area contributed by atoms with Gasteiger partial charge >= 0.3 is 0 Å². The van der Waals surface area contributed by atoms with E-state index in [1.165, 1.54) is 15.6 Å². The van der Waals surface area contributed by atoms with Crippen molar-refractivity contribution in [1.29, 1.82) is 0 Å². The highest BCUT2D eigenvalue weighted by Crippen LogP contribution is 2.35. The van der Waals surface area contributed by atoms with Crippen molar-refractivity contribution in [1.82, 2.24) is 8.87 Å². The van der Waals surface area contributed by atoms with Crippen LogP contribution in [0.5, 0.6) is 11.5 Å². The maximum atomic E-state index is 12.8. The van der Waals surface area contributed by atoms with Crippen LogP contribution in [0, 0.1) is 0 Å². The zero-order valence-corrected chi connectivity index (χ0v) is 17.1. The van der Waals surface area contributed by atoms with Crippen LogP contribution in [0.25, 0.3) is 10.2 Å². The van der Waals surface area contributed by atoms with Crippen molar-refractivity contribution in [3.05, 3.63) is 29.6 Å². The van der Waals surface area contributed by atoms with Gasteiger partial charge in [0, 0.05) is 25.2 Å². The highest BCUT2D eigenvalue weighted by atomic mass is 32.2. The molecule has 1 aromatic carbocycles. The van der Waals surface area contributed by atoms with Gasteiger partial charge in [-0.2, -0.15) is 9.30 Å². The molecular weight excluding hydrogens is 402 g/mol. The fourth-order valence-corrected chi connectivity index (χ4v) is 5.72. The van der Waals surface area contributed by atoms with E-state index >= 15 is 0 Å². The van der Waals surface area contributed by atoms with Crippen LogP contribution in [0.3, 0.4) is 0 Å². The van der Waals surface area contributed by atoms with Gasteiger partial charge in [0.2, 0.25) is 10.0 Å². The second-order valence-corrected chi connectivity index (χ2v) is 9.67. The second-order valence-electron chi connectivity index (χ2n) is 6.73. The lowest BCUT2D eigenvalue weighted by atomic mass is 10.2. The summed E-state index contributed by atoms with van der Waals surface area (Å²) in [5.41, 5.74) is 0.868. The summed E-state index contributed by atoms with van der Waals surface area (Å²) in [7, 11) is -3.45. The fraction of sp³-hybridized carbons (Fsp3) is 0.444. The lowest BCUT2D eigenvalue weighted by molar-refractivity contribution is -0.121. The van der Waals surface area contributed by atoms with E-state index in [4.69, 9.17) is 9.47 Å². The fourth-order valence-electron chi connectivity index (χ4n) is 3.55. The first-order chi connectivity index (χ1) is 13.4. The van der Waals surface area contributed by atoms with Crippen LogP contribution in [-0.4, -0.2) is 55.3 Å². The number of aromatic nitrogens is 1. The molecule has 150 valence electrons. The van der Waals surface area contributed by atoms with E-state index in [2.05, 4.69) is 11.6 Å². The SMILES string of the molecule is C=CCn1c(=NC(=O)C2CCCN2S(C)(=O)=O)sc2cc3c(cc21)OCCO3. The Morgan fingerprint density at radius 2 is 2.07 bits per heavy atom. The molecule has 0 aliphatic carbocycles. The van der Waals surface area contributed by atoms with E-state index in [9.17, 15) is 13.2 Å². The maximum Gasteiger partial charge on any atom is 0.266 e. The molecule has 3 heterocycles. The third-order valence-corrected chi connectivity index (χ3v) is 7.11. The predicted octanol–water partition coefficient (Wildman–Crippen LogP) is 1.51. The van der Waals surface area contributed by atoms with Gasteiger partial charge in [0.05, 0.1) is 16.5 Å². The Morgan fingerprint density at radius 3 is 2.75 bits per heavy atom. The second kappa shape index (κ2) is 7.34. The van der Waals surface area contributed by atoms with Crippen molar-refractivity contribution < 1.29 is 22.7 Å². The van der Waals surface area contributed by atoms with Crippen molar-refractivity contribution in [3.63, 3.8) is 0 Å². The molecule has 2 aromatic rings. The molecule has 8 nitrogen and oxygen atoms in total. The van der Waals surface area contributed by atoms with Crippen LogP contribution in [0.4, 0.5) is 0 Å². The largest absolute Gasteiger partial charge is 0.486 e. The highest BCUT2D eigenvalue weighted by Gasteiger charge is 2.36. The number of amides is 1. The van der Waals surface area contributed by atoms with Crippen molar-refractivity contribution in [2.24, 2.45) is 4.99 Å². The summed E-state index contributed by atoms with van der Waals surface area (Å²) in [4.78, 5) is 17.6. The number of benzene rings is 1. The third-order valence-electron chi connectivity index (χ3n) is 4.78. The zero-order valence-electron chi connectivity index (χ0n) is 15.5. The van der Waals surface area contributed by atoms with E-state index in [0.717, 1.165) is 16.5 Å². The van der Waals surface area contributed by atoms with Crippen LogP contribution < -0.4 is 14.3 Å². The first kappa shape index (κ1) is 19.2. The van der Waals surface area contributed by atoms with Gasteiger partial charge in [-0.1, -0.05) is 17.4 Å². The number of rotatable bonds is 4. The average molecular weight is 424 g/mol. The number of ether oxygens (including phenoxy) is 2. The predicted molar refractivity (Wildman–Crippen MR) is 106 cm³/mol. The van der Waals surface area contributed by atoms with Crippen LogP contribution in [-0.2, 0) is 21.4 Å². The number of fused-ring (bicyclic) bond motifs is 2. The molecule has 1 amide bonds. The summed E-state index contributed by atoms with van der Waals surface area (Å²) < 4.78 is 39.2. The Labute approximate surface area is 166 Å². The Balaban J connectivity index is 1.79. The molecule has 1 fully saturated rings. The Hall–Kier alpha value is -2.17. The summed E-state index contributed by atoms with van der Waals surface area (Å²) in [6.07, 6.45) is 3.99.